The number of hydrogen-bond donors (Lipinski definition) is 2. The van der Waals surface area contributed by atoms with Crippen LogP contribution in [0.2, 0.25) is 5.02 Å². The van der Waals surface area contributed by atoms with Crippen LogP contribution in [-0.4, -0.2) is 25.1 Å². The minimum Gasteiger partial charge on any atom is -0.449 e. The standard InChI is InChI=1S/C19H19ClN2O4S/c1-13-22-18(12-26-13)14-5-7-17(8-6-14)27(24,25)21-10-9-19(23)15-3-2-4-16(20)11-15/h2-8,11-12,19,21,23H,9-10H2,1H3/t19-/m1/s1. The topological polar surface area (TPSA) is 92.4 Å². The summed E-state index contributed by atoms with van der Waals surface area (Å²) < 4.78 is 32.5. The highest BCUT2D eigenvalue weighted by Gasteiger charge is 2.16. The van der Waals surface area contributed by atoms with Gasteiger partial charge < -0.3 is 9.52 Å². The number of benzene rings is 2. The third-order valence-corrected chi connectivity index (χ3v) is 5.73. The first-order chi connectivity index (χ1) is 12.8. The van der Waals surface area contributed by atoms with Gasteiger partial charge in [-0.05, 0) is 36.2 Å². The molecule has 1 aromatic heterocycles. The number of rotatable bonds is 7. The minimum absolute atomic E-state index is 0.0975. The summed E-state index contributed by atoms with van der Waals surface area (Å²) in [6, 6.07) is 13.2. The van der Waals surface area contributed by atoms with Gasteiger partial charge in [0.05, 0.1) is 11.0 Å². The third kappa shape index (κ3) is 4.95. The van der Waals surface area contributed by atoms with Crippen molar-refractivity contribution >= 4 is 21.6 Å². The lowest BCUT2D eigenvalue weighted by Crippen LogP contribution is -2.26. The average Bonchev–Trinajstić information content (AvgIpc) is 3.08. The Balaban J connectivity index is 1.61. The monoisotopic (exact) mass is 406 g/mol. The number of nitrogens with zero attached hydrogens (tertiary/aromatic N) is 1. The van der Waals surface area contributed by atoms with Gasteiger partial charge in [-0.3, -0.25) is 0 Å². The van der Waals surface area contributed by atoms with E-state index in [2.05, 4.69) is 9.71 Å². The molecule has 0 saturated heterocycles. The summed E-state index contributed by atoms with van der Waals surface area (Å²) in [6.07, 6.45) is 0.952. The smallest absolute Gasteiger partial charge is 0.240 e. The molecule has 0 aliphatic carbocycles. The van der Waals surface area contributed by atoms with E-state index in [1.807, 2.05) is 0 Å². The first-order valence-electron chi connectivity index (χ1n) is 8.31. The van der Waals surface area contributed by atoms with Gasteiger partial charge in [-0.1, -0.05) is 35.9 Å². The van der Waals surface area contributed by atoms with E-state index < -0.39 is 16.1 Å². The molecule has 27 heavy (non-hydrogen) atoms. The minimum atomic E-state index is -3.67. The fourth-order valence-corrected chi connectivity index (χ4v) is 3.84. The van der Waals surface area contributed by atoms with Crippen LogP contribution in [-0.2, 0) is 10.0 Å². The number of nitrogens with one attached hydrogen (secondary N) is 1. The molecule has 0 fully saturated rings. The molecule has 0 aliphatic heterocycles. The highest BCUT2D eigenvalue weighted by Crippen LogP contribution is 2.22. The molecule has 8 heteroatoms. The Bertz CT molecular complexity index is 1020. The molecule has 0 unspecified atom stereocenters. The number of aromatic nitrogens is 1. The second kappa shape index (κ2) is 8.22. The molecule has 0 amide bonds. The van der Waals surface area contributed by atoms with Gasteiger partial charge in [0.1, 0.15) is 12.0 Å². The van der Waals surface area contributed by atoms with Crippen molar-refractivity contribution in [2.75, 3.05) is 6.54 Å². The van der Waals surface area contributed by atoms with Gasteiger partial charge in [0, 0.05) is 24.1 Å². The Morgan fingerprint density at radius 2 is 1.96 bits per heavy atom. The first kappa shape index (κ1) is 19.6. The zero-order valence-corrected chi connectivity index (χ0v) is 16.2. The van der Waals surface area contributed by atoms with Crippen molar-refractivity contribution in [1.29, 1.82) is 0 Å². The van der Waals surface area contributed by atoms with Crippen molar-refractivity contribution in [2.24, 2.45) is 0 Å². The number of oxazole rings is 1. The highest BCUT2D eigenvalue weighted by molar-refractivity contribution is 7.89. The summed E-state index contributed by atoms with van der Waals surface area (Å²) in [6.45, 7) is 1.84. The van der Waals surface area contributed by atoms with Crippen LogP contribution in [0.5, 0.6) is 0 Å². The van der Waals surface area contributed by atoms with Crippen LogP contribution in [0.4, 0.5) is 0 Å². The molecular formula is C19H19ClN2O4S. The SMILES string of the molecule is Cc1nc(-c2ccc(S(=O)(=O)NCC[C@@H](O)c3cccc(Cl)c3)cc2)co1. The Morgan fingerprint density at radius 3 is 2.59 bits per heavy atom. The molecule has 2 N–H and O–H groups in total. The molecule has 3 rings (SSSR count). The Kier molecular flexibility index (Phi) is 5.96. The van der Waals surface area contributed by atoms with Crippen molar-refractivity contribution in [2.45, 2.75) is 24.3 Å². The molecule has 0 radical (unpaired) electrons. The Labute approximate surface area is 162 Å². The predicted molar refractivity (Wildman–Crippen MR) is 103 cm³/mol. The molecule has 1 atom stereocenters. The predicted octanol–water partition coefficient (Wildman–Crippen LogP) is 3.71. The molecule has 0 saturated carbocycles. The average molecular weight is 407 g/mol. The highest BCUT2D eigenvalue weighted by atomic mass is 35.5. The molecule has 2 aromatic carbocycles. The van der Waals surface area contributed by atoms with Crippen molar-refractivity contribution in [3.05, 3.63) is 71.3 Å². The maximum atomic E-state index is 12.4. The molecule has 0 bridgehead atoms. The second-order valence-electron chi connectivity index (χ2n) is 6.03. The maximum absolute atomic E-state index is 12.4. The lowest BCUT2D eigenvalue weighted by Gasteiger charge is -2.12. The van der Waals surface area contributed by atoms with Gasteiger partial charge in [0.25, 0.3) is 0 Å². The summed E-state index contributed by atoms with van der Waals surface area (Å²) >= 11 is 5.90. The molecule has 142 valence electrons. The number of aryl methyl sites for hydroxylation is 1. The second-order valence-corrected chi connectivity index (χ2v) is 8.24. The molecule has 3 aromatic rings. The van der Waals surface area contributed by atoms with Crippen LogP contribution in [0.1, 0.15) is 24.0 Å². The molecule has 1 heterocycles. The number of sulfonamides is 1. The molecule has 0 spiro atoms. The van der Waals surface area contributed by atoms with E-state index in [-0.39, 0.29) is 17.9 Å². The van der Waals surface area contributed by atoms with E-state index in [0.29, 0.717) is 22.2 Å². The normalized spacial score (nSPS) is 12.9. The maximum Gasteiger partial charge on any atom is 0.240 e. The quantitative estimate of drug-likeness (QED) is 0.624. The number of halogens is 1. The number of hydrogen-bond acceptors (Lipinski definition) is 5. The first-order valence-corrected chi connectivity index (χ1v) is 10.2. The van der Waals surface area contributed by atoms with E-state index in [0.717, 1.165) is 5.56 Å². The van der Waals surface area contributed by atoms with Crippen LogP contribution < -0.4 is 4.72 Å². The number of aliphatic hydroxyl groups excluding tert-OH is 1. The van der Waals surface area contributed by atoms with E-state index in [1.54, 1.807) is 43.3 Å². The van der Waals surface area contributed by atoms with Gasteiger partial charge >= 0.3 is 0 Å². The van der Waals surface area contributed by atoms with E-state index in [9.17, 15) is 13.5 Å². The third-order valence-electron chi connectivity index (χ3n) is 4.02. The van der Waals surface area contributed by atoms with E-state index in [1.165, 1.54) is 18.4 Å². The largest absolute Gasteiger partial charge is 0.449 e. The zero-order valence-electron chi connectivity index (χ0n) is 14.6. The lowest BCUT2D eigenvalue weighted by atomic mass is 10.1. The van der Waals surface area contributed by atoms with Crippen LogP contribution in [0, 0.1) is 6.92 Å². The van der Waals surface area contributed by atoms with Crippen molar-refractivity contribution in [3.63, 3.8) is 0 Å². The van der Waals surface area contributed by atoms with Gasteiger partial charge in [-0.15, -0.1) is 0 Å². The molecule has 0 aliphatic rings. The Hall–Kier alpha value is -2.19. The van der Waals surface area contributed by atoms with Gasteiger partial charge in [0.15, 0.2) is 5.89 Å². The summed E-state index contributed by atoms with van der Waals surface area (Å²) in [5.41, 5.74) is 2.06. The van der Waals surface area contributed by atoms with Gasteiger partial charge in [-0.25, -0.2) is 18.1 Å². The van der Waals surface area contributed by atoms with Crippen molar-refractivity contribution in [3.8, 4) is 11.3 Å². The molecular weight excluding hydrogens is 388 g/mol. The number of aliphatic hydroxyl groups is 1. The van der Waals surface area contributed by atoms with E-state index in [4.69, 9.17) is 16.0 Å². The summed E-state index contributed by atoms with van der Waals surface area (Å²) in [5.74, 6) is 0.543. The fourth-order valence-electron chi connectivity index (χ4n) is 2.59. The van der Waals surface area contributed by atoms with Crippen LogP contribution in [0.15, 0.2) is 64.1 Å². The van der Waals surface area contributed by atoms with Crippen LogP contribution >= 0.6 is 11.6 Å². The Morgan fingerprint density at radius 1 is 1.22 bits per heavy atom. The van der Waals surface area contributed by atoms with Gasteiger partial charge in [0.2, 0.25) is 10.0 Å². The van der Waals surface area contributed by atoms with Gasteiger partial charge in [-0.2, -0.15) is 0 Å². The lowest BCUT2D eigenvalue weighted by molar-refractivity contribution is 0.169. The summed E-state index contributed by atoms with van der Waals surface area (Å²) in [4.78, 5) is 4.35. The summed E-state index contributed by atoms with van der Waals surface area (Å²) in [5, 5.41) is 10.7. The van der Waals surface area contributed by atoms with Crippen molar-refractivity contribution in [1.82, 2.24) is 9.71 Å². The van der Waals surface area contributed by atoms with Crippen LogP contribution in [0.3, 0.4) is 0 Å². The summed E-state index contributed by atoms with van der Waals surface area (Å²) in [7, 11) is -3.67. The fraction of sp³-hybridized carbons (Fsp3) is 0.211. The molecule has 6 nitrogen and oxygen atoms in total. The zero-order chi connectivity index (χ0) is 19.4. The van der Waals surface area contributed by atoms with E-state index >= 15 is 0 Å². The van der Waals surface area contributed by atoms with Crippen molar-refractivity contribution < 1.29 is 17.9 Å². The van der Waals surface area contributed by atoms with Crippen LogP contribution in [0.25, 0.3) is 11.3 Å².